The molecule has 0 aromatic heterocycles. The van der Waals surface area contributed by atoms with Crippen molar-refractivity contribution in [3.8, 4) is 0 Å². The third-order valence-corrected chi connectivity index (χ3v) is 9.05. The first-order valence-corrected chi connectivity index (χ1v) is 15.2. The maximum atomic E-state index is 15.3. The number of carbonyl (C=O) groups is 4. The molecule has 0 saturated carbocycles. The molecule has 1 saturated heterocycles. The van der Waals surface area contributed by atoms with Gasteiger partial charge in [0.1, 0.15) is 17.5 Å². The number of anilines is 1. The van der Waals surface area contributed by atoms with Crippen LogP contribution in [-0.4, -0.2) is 65.7 Å². The van der Waals surface area contributed by atoms with Crippen LogP contribution in [0, 0.1) is 5.82 Å². The molecule has 1 aliphatic heterocycles. The number of likely N-dealkylation sites (tertiary alicyclic amines) is 1. The summed E-state index contributed by atoms with van der Waals surface area (Å²) in [6.07, 6.45) is -0.384. The average Bonchev–Trinajstić information content (AvgIpc) is 3.38. The summed E-state index contributed by atoms with van der Waals surface area (Å²) in [7, 11) is -4.23. The number of urea groups is 1. The van der Waals surface area contributed by atoms with Crippen LogP contribution in [0.1, 0.15) is 49.2 Å². The van der Waals surface area contributed by atoms with E-state index >= 15 is 4.39 Å². The van der Waals surface area contributed by atoms with E-state index in [1.807, 2.05) is 0 Å². The summed E-state index contributed by atoms with van der Waals surface area (Å²) in [5.74, 6) is -3.73. The van der Waals surface area contributed by atoms with Gasteiger partial charge in [-0.25, -0.2) is 27.2 Å². The van der Waals surface area contributed by atoms with Crippen molar-refractivity contribution >= 4 is 39.4 Å². The number of nitrogens with one attached hydrogen (secondary N) is 2. The minimum Gasteiger partial charge on any atom is -0.478 e. The van der Waals surface area contributed by atoms with Crippen molar-refractivity contribution in [1.82, 2.24) is 10.2 Å². The van der Waals surface area contributed by atoms with E-state index in [4.69, 9.17) is 4.74 Å². The van der Waals surface area contributed by atoms with Crippen molar-refractivity contribution in [3.05, 3.63) is 95.8 Å². The number of carboxylic acids is 1. The number of sulfone groups is 1. The molecule has 232 valence electrons. The maximum Gasteiger partial charge on any atom is 0.335 e. The van der Waals surface area contributed by atoms with Crippen LogP contribution >= 0.6 is 0 Å². The van der Waals surface area contributed by atoms with Crippen molar-refractivity contribution in [2.75, 3.05) is 11.9 Å². The first-order chi connectivity index (χ1) is 20.7. The third-order valence-electron chi connectivity index (χ3n) is 6.87. The number of nitrogens with zero attached hydrogens (tertiary/aromatic N) is 1. The fourth-order valence-corrected chi connectivity index (χ4v) is 6.98. The van der Waals surface area contributed by atoms with Gasteiger partial charge in [0.2, 0.25) is 5.91 Å². The van der Waals surface area contributed by atoms with E-state index < -0.39 is 69.0 Å². The Morgan fingerprint density at radius 2 is 1.64 bits per heavy atom. The predicted octanol–water partition coefficient (Wildman–Crippen LogP) is 4.17. The molecule has 13 heteroatoms. The van der Waals surface area contributed by atoms with Crippen molar-refractivity contribution in [2.24, 2.45) is 0 Å². The van der Waals surface area contributed by atoms with Gasteiger partial charge in [0.05, 0.1) is 28.3 Å². The molecular formula is C31H32FN3O8S. The second-order valence-corrected chi connectivity index (χ2v) is 13.3. The highest BCUT2D eigenvalue weighted by atomic mass is 32.2. The van der Waals surface area contributed by atoms with Gasteiger partial charge in [-0.3, -0.25) is 4.79 Å². The lowest BCUT2D eigenvalue weighted by Crippen LogP contribution is -2.49. The Kier molecular flexibility index (Phi) is 9.38. The van der Waals surface area contributed by atoms with Crippen LogP contribution in [0.2, 0.25) is 0 Å². The highest BCUT2D eigenvalue weighted by molar-refractivity contribution is 7.92. The molecular weight excluding hydrogens is 593 g/mol. The zero-order valence-corrected chi connectivity index (χ0v) is 25.0. The van der Waals surface area contributed by atoms with Gasteiger partial charge in [0.15, 0.2) is 9.84 Å². The molecule has 0 spiro atoms. The number of esters is 1. The summed E-state index contributed by atoms with van der Waals surface area (Å²) in [5, 5.41) is 12.5. The zero-order chi connectivity index (χ0) is 32.2. The Hall–Kier alpha value is -4.78. The number of aromatic carboxylic acids is 1. The van der Waals surface area contributed by atoms with E-state index in [9.17, 15) is 32.7 Å². The number of halogens is 1. The van der Waals surface area contributed by atoms with Crippen molar-refractivity contribution in [1.29, 1.82) is 0 Å². The Morgan fingerprint density at radius 1 is 0.977 bits per heavy atom. The first-order valence-electron chi connectivity index (χ1n) is 13.6. The molecule has 0 aliphatic carbocycles. The summed E-state index contributed by atoms with van der Waals surface area (Å²) >= 11 is 0. The first kappa shape index (κ1) is 32.1. The Morgan fingerprint density at radius 3 is 2.27 bits per heavy atom. The molecule has 0 bridgehead atoms. The number of carboxylic acid groups (broad SMARTS) is 1. The lowest BCUT2D eigenvalue weighted by atomic mass is 10.0. The molecule has 0 unspecified atom stereocenters. The minimum atomic E-state index is -4.23. The van der Waals surface area contributed by atoms with Gasteiger partial charge < -0.3 is 25.4 Å². The van der Waals surface area contributed by atoms with Gasteiger partial charge >= 0.3 is 18.0 Å². The van der Waals surface area contributed by atoms with E-state index in [0.29, 0.717) is 0 Å². The quantitative estimate of drug-likeness (QED) is 0.315. The summed E-state index contributed by atoms with van der Waals surface area (Å²) in [5.41, 5.74) is -1.04. The number of ether oxygens (including phenoxy) is 1. The fraction of sp³-hybridized carbons (Fsp3) is 0.290. The predicted molar refractivity (Wildman–Crippen MR) is 158 cm³/mol. The molecule has 3 amide bonds. The standard InChI is InChI=1S/C31H32FN3O8S/c1-31(2,3)43-29(39)24-17-25(44(41,42)21-12-5-4-6-13-21)27(22-14-7-8-15-23(22)32)35(24)26(36)18-33-30(40)34-20-11-9-10-19(16-20)28(37)38/h4-16,24-25,27H,17-18H2,1-3H3,(H,37,38)(H2,33,34,40)/t24-,25+,27-/m1/s1. The lowest BCUT2D eigenvalue weighted by molar-refractivity contribution is -0.164. The summed E-state index contributed by atoms with van der Waals surface area (Å²) in [4.78, 5) is 52.1. The number of benzene rings is 3. The van der Waals surface area contributed by atoms with Gasteiger partial charge in [-0.15, -0.1) is 0 Å². The molecule has 1 aliphatic rings. The van der Waals surface area contributed by atoms with Gasteiger partial charge in [-0.2, -0.15) is 0 Å². The van der Waals surface area contributed by atoms with Gasteiger partial charge in [-0.05, 0) is 63.6 Å². The zero-order valence-electron chi connectivity index (χ0n) is 24.2. The summed E-state index contributed by atoms with van der Waals surface area (Å²) < 4.78 is 48.8. The molecule has 4 rings (SSSR count). The Labute approximate surface area is 253 Å². The molecule has 3 aromatic rings. The maximum absolute atomic E-state index is 15.3. The smallest absolute Gasteiger partial charge is 0.335 e. The average molecular weight is 626 g/mol. The minimum absolute atomic E-state index is 0.0651. The monoisotopic (exact) mass is 625 g/mol. The van der Waals surface area contributed by atoms with Gasteiger partial charge in [-0.1, -0.05) is 42.5 Å². The van der Waals surface area contributed by atoms with Crippen LogP contribution in [0.25, 0.3) is 0 Å². The third kappa shape index (κ3) is 7.22. The Balaban J connectivity index is 1.70. The largest absolute Gasteiger partial charge is 0.478 e. The normalized spacial score (nSPS) is 18.4. The lowest BCUT2D eigenvalue weighted by Gasteiger charge is -2.32. The van der Waals surface area contributed by atoms with Crippen molar-refractivity contribution < 1.29 is 41.8 Å². The van der Waals surface area contributed by atoms with E-state index in [1.165, 1.54) is 66.7 Å². The number of hydrogen-bond donors (Lipinski definition) is 3. The molecule has 0 radical (unpaired) electrons. The van der Waals surface area contributed by atoms with Gasteiger partial charge in [0, 0.05) is 11.3 Å². The van der Waals surface area contributed by atoms with Crippen LogP contribution in [0.3, 0.4) is 0 Å². The van der Waals surface area contributed by atoms with E-state index in [0.717, 1.165) is 11.0 Å². The second-order valence-electron chi connectivity index (χ2n) is 11.1. The van der Waals surface area contributed by atoms with Crippen molar-refractivity contribution in [2.45, 2.75) is 55.0 Å². The van der Waals surface area contributed by atoms with E-state index in [-0.39, 0.29) is 28.1 Å². The van der Waals surface area contributed by atoms with Crippen LogP contribution in [0.4, 0.5) is 14.9 Å². The molecule has 3 aromatic carbocycles. The highest BCUT2D eigenvalue weighted by Gasteiger charge is 2.54. The molecule has 1 heterocycles. The highest BCUT2D eigenvalue weighted by Crippen LogP contribution is 2.44. The molecule has 11 nitrogen and oxygen atoms in total. The van der Waals surface area contributed by atoms with E-state index in [1.54, 1.807) is 26.8 Å². The van der Waals surface area contributed by atoms with Crippen LogP contribution < -0.4 is 10.6 Å². The Bertz CT molecular complexity index is 1670. The number of hydrogen-bond acceptors (Lipinski definition) is 7. The topological polar surface area (TPSA) is 159 Å². The SMILES string of the molecule is CC(C)(C)OC(=O)[C@H]1C[C@H](S(=O)(=O)c2ccccc2)[C@@H](c2ccccc2F)N1C(=O)CNC(=O)Nc1cccc(C(=O)O)c1. The summed E-state index contributed by atoms with van der Waals surface area (Å²) in [6.45, 7) is 4.14. The molecule has 44 heavy (non-hydrogen) atoms. The second kappa shape index (κ2) is 12.8. The molecule has 1 fully saturated rings. The van der Waals surface area contributed by atoms with Crippen LogP contribution in [0.15, 0.2) is 83.8 Å². The number of amides is 3. The molecule has 3 N–H and O–H groups in total. The van der Waals surface area contributed by atoms with E-state index in [2.05, 4.69) is 10.6 Å². The van der Waals surface area contributed by atoms with Crippen LogP contribution in [0.5, 0.6) is 0 Å². The fourth-order valence-electron chi connectivity index (χ4n) is 5.04. The number of carbonyl (C=O) groups excluding carboxylic acids is 3. The molecule has 3 atom stereocenters. The summed E-state index contributed by atoms with van der Waals surface area (Å²) in [6, 6.07) is 14.5. The van der Waals surface area contributed by atoms with Crippen molar-refractivity contribution in [3.63, 3.8) is 0 Å². The number of rotatable bonds is 8. The van der Waals surface area contributed by atoms with Gasteiger partial charge in [0.25, 0.3) is 0 Å². The van der Waals surface area contributed by atoms with Crippen LogP contribution in [-0.2, 0) is 24.2 Å².